The van der Waals surface area contributed by atoms with Crippen molar-refractivity contribution in [3.8, 4) is 5.95 Å². The molecule has 0 atom stereocenters. The maximum atomic E-state index is 12.6. The number of ether oxygens (including phenoxy) is 1. The average molecular weight is 384 g/mol. The zero-order chi connectivity index (χ0) is 19.5. The summed E-state index contributed by atoms with van der Waals surface area (Å²) >= 11 is 0. The number of nitrogens with zero attached hydrogens (tertiary/aromatic N) is 6. The molecular weight excluding hydrogens is 360 g/mol. The second-order valence-electron chi connectivity index (χ2n) is 6.81. The Kier molecular flexibility index (Phi) is 5.14. The van der Waals surface area contributed by atoms with Gasteiger partial charge in [-0.25, -0.2) is 0 Å². The fourth-order valence-electron chi connectivity index (χ4n) is 3.69. The zero-order valence-corrected chi connectivity index (χ0v) is 16.1. The molecule has 0 aliphatic carbocycles. The predicted octanol–water partition coefficient (Wildman–Crippen LogP) is 2.16. The van der Waals surface area contributed by atoms with Crippen LogP contribution in [0.1, 0.15) is 47.9 Å². The van der Waals surface area contributed by atoms with Gasteiger partial charge in [-0.3, -0.25) is 9.48 Å². The van der Waals surface area contributed by atoms with Crippen LogP contribution in [0.4, 0.5) is 0 Å². The Balaban J connectivity index is 1.42. The Morgan fingerprint density at radius 1 is 1.29 bits per heavy atom. The lowest BCUT2D eigenvalue weighted by Gasteiger charge is -2.31. The summed E-state index contributed by atoms with van der Waals surface area (Å²) in [7, 11) is 1.52. The van der Waals surface area contributed by atoms with Crippen molar-refractivity contribution in [1.82, 2.24) is 29.4 Å². The van der Waals surface area contributed by atoms with Crippen molar-refractivity contribution in [2.45, 2.75) is 38.8 Å². The van der Waals surface area contributed by atoms with Crippen molar-refractivity contribution in [1.29, 1.82) is 0 Å². The van der Waals surface area contributed by atoms with Gasteiger partial charge in [0, 0.05) is 44.0 Å². The Morgan fingerprint density at radius 3 is 2.75 bits per heavy atom. The first-order chi connectivity index (χ1) is 13.7. The largest absolute Gasteiger partial charge is 0.468 e. The van der Waals surface area contributed by atoms with Gasteiger partial charge in [0.25, 0.3) is 11.9 Å². The quantitative estimate of drug-likeness (QED) is 0.647. The molecule has 0 N–H and O–H groups in total. The van der Waals surface area contributed by atoms with Crippen molar-refractivity contribution >= 4 is 5.91 Å². The van der Waals surface area contributed by atoms with Crippen LogP contribution in [-0.4, -0.2) is 55.6 Å². The second kappa shape index (κ2) is 7.87. The van der Waals surface area contributed by atoms with E-state index in [0.717, 1.165) is 31.0 Å². The van der Waals surface area contributed by atoms with Gasteiger partial charge in [0.15, 0.2) is 11.6 Å². The highest BCUT2D eigenvalue weighted by molar-refractivity contribution is 5.91. The van der Waals surface area contributed by atoms with Crippen LogP contribution in [0, 0.1) is 0 Å². The summed E-state index contributed by atoms with van der Waals surface area (Å²) in [5.41, 5.74) is 0. The highest BCUT2D eigenvalue weighted by Crippen LogP contribution is 2.29. The van der Waals surface area contributed by atoms with Crippen LogP contribution >= 0.6 is 0 Å². The van der Waals surface area contributed by atoms with E-state index in [1.165, 1.54) is 7.11 Å². The molecule has 3 aromatic heterocycles. The molecule has 3 aromatic rings. The van der Waals surface area contributed by atoms with E-state index in [0.29, 0.717) is 31.3 Å². The van der Waals surface area contributed by atoms with Gasteiger partial charge in [-0.15, -0.1) is 10.2 Å². The molecule has 0 aromatic carbocycles. The monoisotopic (exact) mass is 384 g/mol. The number of carbonyl (C=O) groups is 1. The number of amides is 1. The summed E-state index contributed by atoms with van der Waals surface area (Å²) < 4.78 is 14.4. The van der Waals surface area contributed by atoms with Gasteiger partial charge in [-0.2, -0.15) is 5.10 Å². The van der Waals surface area contributed by atoms with Crippen molar-refractivity contribution < 1.29 is 13.9 Å². The number of hydrogen-bond acceptors (Lipinski definition) is 6. The number of methoxy groups -OCH3 is 1. The molecule has 9 heteroatoms. The second-order valence-corrected chi connectivity index (χ2v) is 6.81. The molecule has 0 saturated carbocycles. The number of aromatic nitrogens is 5. The molecule has 1 saturated heterocycles. The van der Waals surface area contributed by atoms with E-state index in [1.807, 2.05) is 21.8 Å². The molecule has 1 aliphatic heterocycles. The minimum absolute atomic E-state index is 0.0990. The SMILES string of the molecule is CCn1c(Cn2cccn2)nnc1C1CCN(C(=O)c2ccc(OC)o2)CC1. The van der Waals surface area contributed by atoms with Crippen LogP contribution in [0.5, 0.6) is 5.95 Å². The molecular formula is C19H24N6O3. The van der Waals surface area contributed by atoms with Gasteiger partial charge in [0.1, 0.15) is 12.4 Å². The number of likely N-dealkylation sites (tertiary alicyclic amines) is 1. The van der Waals surface area contributed by atoms with Gasteiger partial charge >= 0.3 is 0 Å². The van der Waals surface area contributed by atoms with Crippen LogP contribution in [0.3, 0.4) is 0 Å². The third-order valence-corrected chi connectivity index (χ3v) is 5.18. The van der Waals surface area contributed by atoms with E-state index in [4.69, 9.17) is 9.15 Å². The van der Waals surface area contributed by atoms with Crippen molar-refractivity contribution in [2.24, 2.45) is 0 Å². The molecule has 28 heavy (non-hydrogen) atoms. The number of furan rings is 1. The van der Waals surface area contributed by atoms with Crippen molar-refractivity contribution in [3.63, 3.8) is 0 Å². The number of carbonyl (C=O) groups excluding carboxylic acids is 1. The number of rotatable bonds is 6. The van der Waals surface area contributed by atoms with Crippen LogP contribution in [0.25, 0.3) is 0 Å². The lowest BCUT2D eigenvalue weighted by molar-refractivity contribution is 0.0672. The summed E-state index contributed by atoms with van der Waals surface area (Å²) in [5.74, 6) is 2.75. The number of hydrogen-bond donors (Lipinski definition) is 0. The maximum absolute atomic E-state index is 12.6. The Labute approximate surface area is 162 Å². The van der Waals surface area contributed by atoms with Crippen molar-refractivity contribution in [3.05, 3.63) is 48.0 Å². The van der Waals surface area contributed by atoms with E-state index >= 15 is 0 Å². The highest BCUT2D eigenvalue weighted by atomic mass is 16.6. The minimum Gasteiger partial charge on any atom is -0.468 e. The van der Waals surface area contributed by atoms with E-state index in [1.54, 1.807) is 18.3 Å². The Hall–Kier alpha value is -3.10. The fraction of sp³-hybridized carbons (Fsp3) is 0.474. The molecule has 4 heterocycles. The lowest BCUT2D eigenvalue weighted by atomic mass is 9.95. The molecule has 9 nitrogen and oxygen atoms in total. The normalized spacial score (nSPS) is 15.1. The lowest BCUT2D eigenvalue weighted by Crippen LogP contribution is -2.38. The van der Waals surface area contributed by atoms with Gasteiger partial charge in [-0.1, -0.05) is 0 Å². The molecule has 1 aliphatic rings. The van der Waals surface area contributed by atoms with Crippen LogP contribution in [0.15, 0.2) is 35.0 Å². The highest BCUT2D eigenvalue weighted by Gasteiger charge is 2.29. The van der Waals surface area contributed by atoms with Crippen molar-refractivity contribution in [2.75, 3.05) is 20.2 Å². The van der Waals surface area contributed by atoms with Gasteiger partial charge in [0.05, 0.1) is 7.11 Å². The van der Waals surface area contributed by atoms with E-state index in [2.05, 4.69) is 26.8 Å². The maximum Gasteiger partial charge on any atom is 0.289 e. The smallest absolute Gasteiger partial charge is 0.289 e. The molecule has 0 bridgehead atoms. The van der Waals surface area contributed by atoms with E-state index in [9.17, 15) is 4.79 Å². The molecule has 4 rings (SSSR count). The summed E-state index contributed by atoms with van der Waals surface area (Å²) in [6, 6.07) is 5.21. The topological polar surface area (TPSA) is 91.2 Å². The van der Waals surface area contributed by atoms with Crippen LogP contribution < -0.4 is 4.74 Å². The fourth-order valence-corrected chi connectivity index (χ4v) is 3.69. The summed E-state index contributed by atoms with van der Waals surface area (Å²) in [4.78, 5) is 14.4. The first kappa shape index (κ1) is 18.3. The molecule has 148 valence electrons. The minimum atomic E-state index is -0.0990. The molecule has 1 fully saturated rings. The zero-order valence-electron chi connectivity index (χ0n) is 16.1. The first-order valence-corrected chi connectivity index (χ1v) is 9.52. The standard InChI is InChI=1S/C19H24N6O3/c1-3-25-16(13-24-10-4-9-20-24)21-22-18(25)14-7-11-23(12-8-14)19(26)15-5-6-17(27-2)28-15/h4-6,9-10,14H,3,7-8,11-13H2,1-2H3. The average Bonchev–Trinajstić information content (AvgIpc) is 3.48. The Morgan fingerprint density at radius 2 is 2.11 bits per heavy atom. The predicted molar refractivity (Wildman–Crippen MR) is 100 cm³/mol. The first-order valence-electron chi connectivity index (χ1n) is 9.52. The van der Waals surface area contributed by atoms with Crippen LogP contribution in [-0.2, 0) is 13.1 Å². The third-order valence-electron chi connectivity index (χ3n) is 5.18. The van der Waals surface area contributed by atoms with E-state index in [-0.39, 0.29) is 11.8 Å². The molecule has 0 spiro atoms. The molecule has 1 amide bonds. The summed E-state index contributed by atoms with van der Waals surface area (Å²) in [5, 5.41) is 13.1. The molecule has 0 unspecified atom stereocenters. The third kappa shape index (κ3) is 3.51. The Bertz CT molecular complexity index is 922. The van der Waals surface area contributed by atoms with Crippen LogP contribution in [0.2, 0.25) is 0 Å². The number of piperidine rings is 1. The van der Waals surface area contributed by atoms with Gasteiger partial charge in [0.2, 0.25) is 0 Å². The van der Waals surface area contributed by atoms with Gasteiger partial charge < -0.3 is 18.6 Å². The summed E-state index contributed by atoms with van der Waals surface area (Å²) in [6.07, 6.45) is 5.38. The molecule has 0 radical (unpaired) electrons. The van der Waals surface area contributed by atoms with E-state index < -0.39 is 0 Å². The summed E-state index contributed by atoms with van der Waals surface area (Å²) in [6.45, 7) is 4.84. The van der Waals surface area contributed by atoms with Gasteiger partial charge in [-0.05, 0) is 31.9 Å².